The largest absolute Gasteiger partial charge is 0.478 e. The SMILES string of the molecule is O=C(O)c1cccc(CN2C(=O)S[C@@H](Nc3ccc(Br)cc3)C2=O)c1. The van der Waals surface area contributed by atoms with Crippen LogP contribution in [0.5, 0.6) is 0 Å². The van der Waals surface area contributed by atoms with Gasteiger partial charge in [0.15, 0.2) is 5.37 Å². The second-order valence-electron chi connectivity index (χ2n) is 5.34. The fourth-order valence-corrected chi connectivity index (χ4v) is 3.53. The van der Waals surface area contributed by atoms with E-state index in [-0.39, 0.29) is 23.3 Å². The number of thioether (sulfide) groups is 1. The summed E-state index contributed by atoms with van der Waals surface area (Å²) in [5.74, 6) is -1.40. The first kappa shape index (κ1) is 17.5. The van der Waals surface area contributed by atoms with E-state index in [0.717, 1.165) is 26.8 Å². The molecule has 2 aromatic carbocycles. The Kier molecular flexibility index (Phi) is 5.10. The van der Waals surface area contributed by atoms with Crippen molar-refractivity contribution in [2.24, 2.45) is 0 Å². The lowest BCUT2D eigenvalue weighted by Crippen LogP contribution is -2.33. The number of benzene rings is 2. The van der Waals surface area contributed by atoms with Crippen molar-refractivity contribution in [2.75, 3.05) is 5.32 Å². The average Bonchev–Trinajstić information content (AvgIpc) is 2.85. The molecule has 0 spiro atoms. The van der Waals surface area contributed by atoms with Gasteiger partial charge < -0.3 is 10.4 Å². The predicted molar refractivity (Wildman–Crippen MR) is 98.5 cm³/mol. The van der Waals surface area contributed by atoms with Gasteiger partial charge in [-0.1, -0.05) is 28.1 Å². The van der Waals surface area contributed by atoms with Crippen LogP contribution in [0.4, 0.5) is 10.5 Å². The van der Waals surface area contributed by atoms with Crippen molar-refractivity contribution >= 4 is 50.5 Å². The molecule has 0 radical (unpaired) electrons. The highest BCUT2D eigenvalue weighted by Crippen LogP contribution is 2.30. The molecule has 0 bridgehead atoms. The summed E-state index contributed by atoms with van der Waals surface area (Å²) in [5, 5.41) is 11.0. The van der Waals surface area contributed by atoms with Gasteiger partial charge in [-0.05, 0) is 53.7 Å². The third kappa shape index (κ3) is 4.02. The van der Waals surface area contributed by atoms with Gasteiger partial charge in [0, 0.05) is 10.2 Å². The summed E-state index contributed by atoms with van der Waals surface area (Å²) in [7, 11) is 0. The Labute approximate surface area is 156 Å². The number of anilines is 1. The summed E-state index contributed by atoms with van der Waals surface area (Å²) in [6.45, 7) is 0.0459. The van der Waals surface area contributed by atoms with Crippen molar-refractivity contribution in [3.63, 3.8) is 0 Å². The zero-order valence-electron chi connectivity index (χ0n) is 12.8. The summed E-state index contributed by atoms with van der Waals surface area (Å²) in [4.78, 5) is 36.8. The van der Waals surface area contributed by atoms with Crippen LogP contribution in [0, 0.1) is 0 Å². The second-order valence-corrected chi connectivity index (χ2v) is 7.32. The third-order valence-electron chi connectivity index (χ3n) is 3.59. The van der Waals surface area contributed by atoms with E-state index in [9.17, 15) is 14.4 Å². The van der Waals surface area contributed by atoms with Gasteiger partial charge in [-0.25, -0.2) is 4.79 Å². The monoisotopic (exact) mass is 420 g/mol. The normalized spacial score (nSPS) is 17.0. The Balaban J connectivity index is 1.72. The average molecular weight is 421 g/mol. The lowest BCUT2D eigenvalue weighted by Gasteiger charge is -2.15. The van der Waals surface area contributed by atoms with Crippen molar-refractivity contribution in [3.8, 4) is 0 Å². The zero-order chi connectivity index (χ0) is 18.0. The van der Waals surface area contributed by atoms with Crippen LogP contribution in [-0.4, -0.2) is 32.5 Å². The number of hydrogen-bond donors (Lipinski definition) is 2. The molecule has 1 saturated heterocycles. The molecule has 25 heavy (non-hydrogen) atoms. The quantitative estimate of drug-likeness (QED) is 0.764. The molecule has 1 fully saturated rings. The van der Waals surface area contributed by atoms with Crippen LogP contribution in [0.1, 0.15) is 15.9 Å². The molecule has 2 aromatic rings. The van der Waals surface area contributed by atoms with Crippen LogP contribution in [0.25, 0.3) is 0 Å². The van der Waals surface area contributed by atoms with Crippen LogP contribution in [0.15, 0.2) is 53.0 Å². The van der Waals surface area contributed by atoms with Crippen LogP contribution < -0.4 is 5.32 Å². The van der Waals surface area contributed by atoms with Crippen molar-refractivity contribution < 1.29 is 19.5 Å². The second kappa shape index (κ2) is 7.28. The number of imide groups is 1. The molecule has 0 aromatic heterocycles. The van der Waals surface area contributed by atoms with Crippen molar-refractivity contribution in [1.82, 2.24) is 4.90 Å². The van der Waals surface area contributed by atoms with E-state index in [1.807, 2.05) is 12.1 Å². The standard InChI is InChI=1S/C17H13BrN2O4S/c18-12-4-6-13(7-5-12)19-14-15(21)20(17(24)25-14)9-10-2-1-3-11(8-10)16(22)23/h1-8,14,19H,9H2,(H,22,23)/t14-/m1/s1. The maximum absolute atomic E-state index is 12.5. The molecule has 1 aliphatic heterocycles. The van der Waals surface area contributed by atoms with Gasteiger partial charge in [-0.3, -0.25) is 14.5 Å². The minimum atomic E-state index is -1.05. The molecule has 8 heteroatoms. The van der Waals surface area contributed by atoms with E-state index in [0.29, 0.717) is 5.56 Å². The maximum Gasteiger partial charge on any atom is 0.335 e. The summed E-state index contributed by atoms with van der Waals surface area (Å²) >= 11 is 4.25. The summed E-state index contributed by atoms with van der Waals surface area (Å²) < 4.78 is 0.916. The van der Waals surface area contributed by atoms with Gasteiger partial charge in [0.2, 0.25) is 0 Å². The highest BCUT2D eigenvalue weighted by Gasteiger charge is 2.39. The molecule has 0 unspecified atom stereocenters. The van der Waals surface area contributed by atoms with E-state index in [1.165, 1.54) is 12.1 Å². The first-order valence-electron chi connectivity index (χ1n) is 7.30. The van der Waals surface area contributed by atoms with Gasteiger partial charge in [0.25, 0.3) is 11.1 Å². The van der Waals surface area contributed by atoms with Crippen molar-refractivity contribution in [2.45, 2.75) is 11.9 Å². The Morgan fingerprint density at radius 2 is 1.92 bits per heavy atom. The van der Waals surface area contributed by atoms with E-state index in [4.69, 9.17) is 5.11 Å². The molecule has 1 atom stereocenters. The fourth-order valence-electron chi connectivity index (χ4n) is 2.36. The minimum absolute atomic E-state index is 0.0459. The number of rotatable bonds is 5. The lowest BCUT2D eigenvalue weighted by atomic mass is 10.1. The van der Waals surface area contributed by atoms with E-state index in [2.05, 4.69) is 21.2 Å². The maximum atomic E-state index is 12.5. The zero-order valence-corrected chi connectivity index (χ0v) is 15.2. The molecular weight excluding hydrogens is 408 g/mol. The number of carboxylic acid groups (broad SMARTS) is 1. The number of carboxylic acids is 1. The Hall–Kier alpha value is -2.32. The molecule has 3 rings (SSSR count). The van der Waals surface area contributed by atoms with Crippen LogP contribution in [-0.2, 0) is 11.3 Å². The smallest absolute Gasteiger partial charge is 0.335 e. The van der Waals surface area contributed by atoms with Crippen LogP contribution >= 0.6 is 27.7 Å². The summed E-state index contributed by atoms with van der Waals surface area (Å²) in [5.41, 5.74) is 1.44. The molecule has 2 amide bonds. The molecule has 0 saturated carbocycles. The number of nitrogens with one attached hydrogen (secondary N) is 1. The van der Waals surface area contributed by atoms with Gasteiger partial charge in [0.1, 0.15) is 0 Å². The van der Waals surface area contributed by atoms with Crippen LogP contribution in [0.3, 0.4) is 0 Å². The van der Waals surface area contributed by atoms with E-state index in [1.54, 1.807) is 24.3 Å². The van der Waals surface area contributed by atoms with Gasteiger partial charge >= 0.3 is 5.97 Å². The molecular formula is C17H13BrN2O4S. The number of carbonyl (C=O) groups excluding carboxylic acids is 2. The molecule has 6 nitrogen and oxygen atoms in total. The lowest BCUT2D eigenvalue weighted by molar-refractivity contribution is -0.126. The number of aromatic carboxylic acids is 1. The first-order chi connectivity index (χ1) is 11.9. The summed E-state index contributed by atoms with van der Waals surface area (Å²) in [6, 6.07) is 13.5. The van der Waals surface area contributed by atoms with Gasteiger partial charge in [-0.2, -0.15) is 0 Å². The molecule has 128 valence electrons. The number of amides is 2. The van der Waals surface area contributed by atoms with Crippen molar-refractivity contribution in [1.29, 1.82) is 0 Å². The number of carbonyl (C=O) groups is 3. The third-order valence-corrected chi connectivity index (χ3v) is 5.09. The predicted octanol–water partition coefficient (Wildman–Crippen LogP) is 3.78. The molecule has 0 aliphatic carbocycles. The van der Waals surface area contributed by atoms with Crippen molar-refractivity contribution in [3.05, 3.63) is 64.1 Å². The summed E-state index contributed by atoms with van der Waals surface area (Å²) in [6.07, 6.45) is 0. The Morgan fingerprint density at radius 3 is 2.60 bits per heavy atom. The number of halogens is 1. The number of hydrogen-bond acceptors (Lipinski definition) is 5. The molecule has 1 heterocycles. The van der Waals surface area contributed by atoms with Gasteiger partial charge in [-0.15, -0.1) is 0 Å². The van der Waals surface area contributed by atoms with E-state index < -0.39 is 11.3 Å². The van der Waals surface area contributed by atoms with E-state index >= 15 is 0 Å². The minimum Gasteiger partial charge on any atom is -0.478 e. The molecule has 1 aliphatic rings. The van der Waals surface area contributed by atoms with Crippen LogP contribution in [0.2, 0.25) is 0 Å². The highest BCUT2D eigenvalue weighted by molar-refractivity contribution is 9.10. The number of nitrogens with zero attached hydrogens (tertiary/aromatic N) is 1. The van der Waals surface area contributed by atoms with Gasteiger partial charge in [0.05, 0.1) is 12.1 Å². The highest BCUT2D eigenvalue weighted by atomic mass is 79.9. The Morgan fingerprint density at radius 1 is 1.20 bits per heavy atom. The first-order valence-corrected chi connectivity index (χ1v) is 8.97. The topological polar surface area (TPSA) is 86.7 Å². The fraction of sp³-hybridized carbons (Fsp3) is 0.118. The Bertz CT molecular complexity index is 841. The molecule has 2 N–H and O–H groups in total.